The second kappa shape index (κ2) is 11.2. The van der Waals surface area contributed by atoms with Crippen LogP contribution in [0.4, 0.5) is 0 Å². The van der Waals surface area contributed by atoms with Gasteiger partial charge < -0.3 is 23.8 Å². The number of benzene rings is 2. The quantitative estimate of drug-likeness (QED) is 0.437. The molecule has 0 aliphatic carbocycles. The summed E-state index contributed by atoms with van der Waals surface area (Å²) >= 11 is 6.31. The highest BCUT2D eigenvalue weighted by Gasteiger charge is 2.26. The number of likely N-dealkylation sites (tertiary alicyclic amines) is 1. The SMILES string of the molecule is Cc1noc(C)c1CC(=O)N1CCOc2c(cc(-c3cccc(Cl)c3)cc2OCC2CCCN(C)C2)C1. The van der Waals surface area contributed by atoms with E-state index in [1.54, 1.807) is 0 Å². The van der Waals surface area contributed by atoms with Gasteiger partial charge in [-0.25, -0.2) is 0 Å². The number of hydrogen-bond acceptors (Lipinski definition) is 6. The average Bonchev–Trinajstić information content (AvgIpc) is 3.06. The minimum absolute atomic E-state index is 0.0201. The molecular formula is C29H34ClN3O4. The number of ether oxygens (including phenoxy) is 2. The van der Waals surface area contributed by atoms with E-state index in [-0.39, 0.29) is 12.3 Å². The van der Waals surface area contributed by atoms with Gasteiger partial charge in [0.2, 0.25) is 5.91 Å². The summed E-state index contributed by atoms with van der Waals surface area (Å²) in [5.41, 5.74) is 4.52. The Morgan fingerprint density at radius 2 is 2.05 bits per heavy atom. The molecule has 0 radical (unpaired) electrons. The van der Waals surface area contributed by atoms with Crippen LogP contribution in [0.5, 0.6) is 11.5 Å². The summed E-state index contributed by atoms with van der Waals surface area (Å²) in [6.45, 7) is 7.84. The molecule has 1 saturated heterocycles. The maximum absolute atomic E-state index is 13.3. The minimum Gasteiger partial charge on any atom is -0.489 e. The molecule has 3 aromatic rings. The number of carbonyl (C=O) groups is 1. The molecule has 0 saturated carbocycles. The fourth-order valence-electron chi connectivity index (χ4n) is 5.27. The summed E-state index contributed by atoms with van der Waals surface area (Å²) in [5.74, 6) is 2.63. The van der Waals surface area contributed by atoms with E-state index in [0.717, 1.165) is 59.0 Å². The monoisotopic (exact) mass is 523 g/mol. The molecule has 2 aromatic carbocycles. The zero-order chi connectivity index (χ0) is 25.9. The Hall–Kier alpha value is -3.03. The number of rotatable bonds is 6. The summed E-state index contributed by atoms with van der Waals surface area (Å²) in [5, 5.41) is 4.67. The Balaban J connectivity index is 1.44. The fourth-order valence-corrected chi connectivity index (χ4v) is 5.46. The van der Waals surface area contributed by atoms with Crippen LogP contribution in [0.3, 0.4) is 0 Å². The van der Waals surface area contributed by atoms with Crippen LogP contribution in [0.1, 0.15) is 35.4 Å². The van der Waals surface area contributed by atoms with Crippen molar-refractivity contribution in [2.75, 3.05) is 39.9 Å². The van der Waals surface area contributed by atoms with Gasteiger partial charge in [0.25, 0.3) is 0 Å². The van der Waals surface area contributed by atoms with E-state index in [9.17, 15) is 4.79 Å². The third-order valence-electron chi connectivity index (χ3n) is 7.32. The van der Waals surface area contributed by atoms with E-state index in [4.69, 9.17) is 25.6 Å². The number of halogens is 1. The Bertz CT molecular complexity index is 1250. The molecule has 0 spiro atoms. The molecule has 8 heteroatoms. The smallest absolute Gasteiger partial charge is 0.227 e. The molecule has 1 fully saturated rings. The zero-order valence-electron chi connectivity index (χ0n) is 21.8. The van der Waals surface area contributed by atoms with Crippen molar-refractivity contribution in [3.05, 3.63) is 64.0 Å². The van der Waals surface area contributed by atoms with Crippen LogP contribution in [0.2, 0.25) is 5.02 Å². The first kappa shape index (κ1) is 25.6. The molecule has 5 rings (SSSR count). The van der Waals surface area contributed by atoms with Crippen molar-refractivity contribution in [3.63, 3.8) is 0 Å². The normalized spacial score (nSPS) is 18.2. The summed E-state index contributed by atoms with van der Waals surface area (Å²) < 4.78 is 17.9. The van der Waals surface area contributed by atoms with Crippen molar-refractivity contribution in [1.29, 1.82) is 0 Å². The van der Waals surface area contributed by atoms with Crippen molar-refractivity contribution in [3.8, 4) is 22.6 Å². The second-order valence-electron chi connectivity index (χ2n) is 10.2. The van der Waals surface area contributed by atoms with Gasteiger partial charge in [-0.2, -0.15) is 0 Å². The molecule has 1 amide bonds. The number of piperidine rings is 1. The highest BCUT2D eigenvalue weighted by Crippen LogP contribution is 2.39. The Morgan fingerprint density at radius 1 is 1.19 bits per heavy atom. The number of carbonyl (C=O) groups excluding carboxylic acids is 1. The van der Waals surface area contributed by atoms with Gasteiger partial charge in [-0.1, -0.05) is 28.9 Å². The molecule has 1 atom stereocenters. The van der Waals surface area contributed by atoms with Crippen molar-refractivity contribution >= 4 is 17.5 Å². The highest BCUT2D eigenvalue weighted by atomic mass is 35.5. The lowest BCUT2D eigenvalue weighted by Crippen LogP contribution is -2.34. The lowest BCUT2D eigenvalue weighted by molar-refractivity contribution is -0.131. The van der Waals surface area contributed by atoms with Crippen molar-refractivity contribution < 1.29 is 18.8 Å². The Kier molecular flexibility index (Phi) is 7.72. The van der Waals surface area contributed by atoms with Gasteiger partial charge in [0, 0.05) is 35.2 Å². The van der Waals surface area contributed by atoms with Gasteiger partial charge in [-0.05, 0) is 75.7 Å². The van der Waals surface area contributed by atoms with Crippen LogP contribution in [0.15, 0.2) is 40.9 Å². The second-order valence-corrected chi connectivity index (χ2v) is 10.6. The maximum atomic E-state index is 13.3. The molecule has 196 valence electrons. The number of aromatic nitrogens is 1. The highest BCUT2D eigenvalue weighted by molar-refractivity contribution is 6.30. The van der Waals surface area contributed by atoms with Crippen LogP contribution >= 0.6 is 11.6 Å². The van der Waals surface area contributed by atoms with Gasteiger partial charge in [0.05, 0.1) is 25.3 Å². The third kappa shape index (κ3) is 5.94. The van der Waals surface area contributed by atoms with Crippen LogP contribution in [0.25, 0.3) is 11.1 Å². The largest absolute Gasteiger partial charge is 0.489 e. The van der Waals surface area contributed by atoms with E-state index < -0.39 is 0 Å². The number of fused-ring (bicyclic) bond motifs is 1. The van der Waals surface area contributed by atoms with E-state index in [0.29, 0.717) is 43.0 Å². The maximum Gasteiger partial charge on any atom is 0.227 e. The first-order valence-electron chi connectivity index (χ1n) is 12.9. The van der Waals surface area contributed by atoms with E-state index in [1.807, 2.05) is 49.1 Å². The predicted octanol–water partition coefficient (Wildman–Crippen LogP) is 5.30. The molecular weight excluding hydrogens is 490 g/mol. The van der Waals surface area contributed by atoms with E-state index >= 15 is 0 Å². The van der Waals surface area contributed by atoms with Gasteiger partial charge in [0.1, 0.15) is 12.4 Å². The van der Waals surface area contributed by atoms with Crippen molar-refractivity contribution in [2.45, 2.75) is 39.7 Å². The zero-order valence-corrected chi connectivity index (χ0v) is 22.5. The Labute approximate surface area is 223 Å². The third-order valence-corrected chi connectivity index (χ3v) is 7.55. The van der Waals surface area contributed by atoms with Gasteiger partial charge in [0.15, 0.2) is 11.5 Å². The summed E-state index contributed by atoms with van der Waals surface area (Å²) in [7, 11) is 2.16. The first-order chi connectivity index (χ1) is 17.9. The number of nitrogens with zero attached hydrogens (tertiary/aromatic N) is 3. The number of hydrogen-bond donors (Lipinski definition) is 0. The summed E-state index contributed by atoms with van der Waals surface area (Å²) in [6, 6.07) is 11.9. The van der Waals surface area contributed by atoms with E-state index in [1.165, 1.54) is 6.42 Å². The molecule has 37 heavy (non-hydrogen) atoms. The summed E-state index contributed by atoms with van der Waals surface area (Å²) in [6.07, 6.45) is 2.60. The number of aryl methyl sites for hydroxylation is 2. The lowest BCUT2D eigenvalue weighted by atomic mass is 9.99. The Morgan fingerprint density at radius 3 is 2.81 bits per heavy atom. The molecule has 3 heterocycles. The molecule has 2 aliphatic rings. The standard InChI is InChI=1S/C29H34ClN3O4/c1-19-26(20(2)37-31-19)15-28(34)33-10-11-35-29-24(17-33)12-23(22-7-4-8-25(30)13-22)14-27(29)36-18-21-6-5-9-32(3)16-21/h4,7-8,12-14,21H,5-6,9-11,15-18H2,1-3H3. The summed E-state index contributed by atoms with van der Waals surface area (Å²) in [4.78, 5) is 17.5. The molecule has 1 unspecified atom stereocenters. The molecule has 1 aromatic heterocycles. The van der Waals surface area contributed by atoms with Crippen molar-refractivity contribution in [2.24, 2.45) is 5.92 Å². The van der Waals surface area contributed by atoms with Gasteiger partial charge in [-0.15, -0.1) is 0 Å². The van der Waals surface area contributed by atoms with Crippen LogP contribution < -0.4 is 9.47 Å². The molecule has 7 nitrogen and oxygen atoms in total. The average molecular weight is 524 g/mol. The van der Waals surface area contributed by atoms with Crippen molar-refractivity contribution in [1.82, 2.24) is 15.0 Å². The van der Waals surface area contributed by atoms with Crippen LogP contribution in [0, 0.1) is 19.8 Å². The van der Waals surface area contributed by atoms with Gasteiger partial charge >= 0.3 is 0 Å². The first-order valence-corrected chi connectivity index (χ1v) is 13.3. The van der Waals surface area contributed by atoms with Gasteiger partial charge in [-0.3, -0.25) is 4.79 Å². The van der Waals surface area contributed by atoms with Crippen LogP contribution in [-0.2, 0) is 17.8 Å². The molecule has 0 bridgehead atoms. The lowest BCUT2D eigenvalue weighted by Gasteiger charge is -2.29. The molecule has 2 aliphatic heterocycles. The minimum atomic E-state index is 0.0201. The van der Waals surface area contributed by atoms with Crippen LogP contribution in [-0.4, -0.2) is 60.8 Å². The predicted molar refractivity (Wildman–Crippen MR) is 143 cm³/mol. The van der Waals surface area contributed by atoms with E-state index in [2.05, 4.69) is 23.2 Å². The fraction of sp³-hybridized carbons (Fsp3) is 0.448. The molecule has 0 N–H and O–H groups in total. The number of amides is 1. The topological polar surface area (TPSA) is 68.0 Å².